The van der Waals surface area contributed by atoms with E-state index in [9.17, 15) is 22.8 Å². The van der Waals surface area contributed by atoms with Crippen molar-refractivity contribution in [1.29, 1.82) is 0 Å². The number of carbonyl (C=O) groups is 2. The standard InChI is InChI=1S/C24H26F3N3O3/c1-2-14-33-20-8-6-18(7-9-20)30-22(31)16-21(23(30)32)29-12-10-28(11-13-29)19-5-3-4-17(15-19)24(25,26)27/h3-9,15,21H,2,10-14,16H2,1H3/p+1/t21-/m0/s1. The van der Waals surface area contributed by atoms with Crippen LogP contribution in [0.4, 0.5) is 24.5 Å². The smallest absolute Gasteiger partial charge is 0.416 e. The summed E-state index contributed by atoms with van der Waals surface area (Å²) in [6.07, 6.45) is -3.37. The maximum Gasteiger partial charge on any atom is 0.416 e. The van der Waals surface area contributed by atoms with E-state index >= 15 is 0 Å². The molecule has 4 rings (SSSR count). The number of hydrogen-bond acceptors (Lipinski definition) is 4. The summed E-state index contributed by atoms with van der Waals surface area (Å²) in [5, 5.41) is 0. The molecule has 9 heteroatoms. The molecule has 1 N–H and O–H groups in total. The Morgan fingerprint density at radius 3 is 2.36 bits per heavy atom. The number of rotatable bonds is 6. The first-order chi connectivity index (χ1) is 15.8. The van der Waals surface area contributed by atoms with Gasteiger partial charge in [0.15, 0.2) is 6.04 Å². The van der Waals surface area contributed by atoms with Crippen LogP contribution in [0.3, 0.4) is 0 Å². The maximum absolute atomic E-state index is 13.1. The van der Waals surface area contributed by atoms with E-state index < -0.39 is 17.8 Å². The molecule has 2 saturated heterocycles. The second-order valence-corrected chi connectivity index (χ2v) is 8.36. The molecule has 33 heavy (non-hydrogen) atoms. The molecule has 176 valence electrons. The average molecular weight is 462 g/mol. The molecule has 2 aromatic rings. The van der Waals surface area contributed by atoms with Crippen LogP contribution in [0.2, 0.25) is 0 Å². The number of hydrogen-bond donors (Lipinski definition) is 1. The van der Waals surface area contributed by atoms with Gasteiger partial charge in [-0.2, -0.15) is 13.2 Å². The van der Waals surface area contributed by atoms with Crippen molar-refractivity contribution in [3.8, 4) is 5.75 Å². The Kier molecular flexibility index (Phi) is 6.60. The molecule has 0 bridgehead atoms. The minimum absolute atomic E-state index is 0.131. The number of benzene rings is 2. The van der Waals surface area contributed by atoms with Crippen molar-refractivity contribution in [1.82, 2.24) is 0 Å². The number of anilines is 2. The lowest BCUT2D eigenvalue weighted by molar-refractivity contribution is -0.915. The number of halogens is 3. The Bertz CT molecular complexity index is 1000. The summed E-state index contributed by atoms with van der Waals surface area (Å²) in [7, 11) is 0. The molecule has 0 spiro atoms. The van der Waals surface area contributed by atoms with Gasteiger partial charge >= 0.3 is 6.18 Å². The van der Waals surface area contributed by atoms with Crippen molar-refractivity contribution < 1.29 is 32.4 Å². The molecule has 0 saturated carbocycles. The Morgan fingerprint density at radius 1 is 1.03 bits per heavy atom. The van der Waals surface area contributed by atoms with Crippen molar-refractivity contribution in [2.45, 2.75) is 32.0 Å². The molecule has 0 radical (unpaired) electrons. The van der Waals surface area contributed by atoms with Gasteiger partial charge in [-0.3, -0.25) is 9.59 Å². The Hall–Kier alpha value is -3.07. The van der Waals surface area contributed by atoms with Gasteiger partial charge in [0.25, 0.3) is 5.91 Å². The van der Waals surface area contributed by atoms with Gasteiger partial charge in [-0.15, -0.1) is 0 Å². The predicted octanol–water partition coefficient (Wildman–Crippen LogP) is 2.53. The zero-order chi connectivity index (χ0) is 23.6. The summed E-state index contributed by atoms with van der Waals surface area (Å²) >= 11 is 0. The van der Waals surface area contributed by atoms with Crippen LogP contribution in [0, 0.1) is 0 Å². The van der Waals surface area contributed by atoms with Gasteiger partial charge in [0.2, 0.25) is 5.91 Å². The third-order valence-electron chi connectivity index (χ3n) is 6.15. The quantitative estimate of drug-likeness (QED) is 0.671. The van der Waals surface area contributed by atoms with Crippen LogP contribution in [0.1, 0.15) is 25.3 Å². The SMILES string of the molecule is CCCOc1ccc(N2C(=O)C[C@H]([NH+]3CCN(c4cccc(C(F)(F)F)c4)CC3)C2=O)cc1. The monoisotopic (exact) mass is 462 g/mol. The summed E-state index contributed by atoms with van der Waals surface area (Å²) in [4.78, 5) is 29.9. The van der Waals surface area contributed by atoms with Crippen molar-refractivity contribution in [2.24, 2.45) is 0 Å². The van der Waals surface area contributed by atoms with E-state index in [0.717, 1.165) is 23.5 Å². The fraction of sp³-hybridized carbons (Fsp3) is 0.417. The van der Waals surface area contributed by atoms with E-state index in [-0.39, 0.29) is 18.2 Å². The molecule has 2 amide bonds. The van der Waals surface area contributed by atoms with Crippen LogP contribution in [0.25, 0.3) is 0 Å². The minimum Gasteiger partial charge on any atom is -0.494 e. The third kappa shape index (κ3) is 4.98. The fourth-order valence-corrected chi connectivity index (χ4v) is 4.41. The number of nitrogens with one attached hydrogen (secondary N) is 1. The van der Waals surface area contributed by atoms with E-state index in [1.165, 1.54) is 11.0 Å². The molecule has 2 fully saturated rings. The largest absolute Gasteiger partial charge is 0.494 e. The Morgan fingerprint density at radius 2 is 1.73 bits per heavy atom. The van der Waals surface area contributed by atoms with E-state index in [2.05, 4.69) is 0 Å². The second-order valence-electron chi connectivity index (χ2n) is 8.36. The molecule has 0 aromatic heterocycles. The third-order valence-corrected chi connectivity index (χ3v) is 6.15. The summed E-state index contributed by atoms with van der Waals surface area (Å²) in [6.45, 7) is 4.77. The summed E-state index contributed by atoms with van der Waals surface area (Å²) < 4.78 is 44.6. The lowest BCUT2D eigenvalue weighted by atomic mass is 10.1. The number of carbonyl (C=O) groups excluding carboxylic acids is 2. The molecule has 2 aliphatic heterocycles. The number of quaternary nitrogens is 1. The van der Waals surface area contributed by atoms with Crippen LogP contribution in [-0.2, 0) is 15.8 Å². The number of alkyl halides is 3. The van der Waals surface area contributed by atoms with Crippen molar-refractivity contribution in [2.75, 3.05) is 42.6 Å². The highest BCUT2D eigenvalue weighted by atomic mass is 19.4. The number of ether oxygens (including phenoxy) is 1. The first kappa shape index (κ1) is 23.1. The topological polar surface area (TPSA) is 54.3 Å². The normalized spacial score (nSPS) is 19.9. The first-order valence-electron chi connectivity index (χ1n) is 11.1. The van der Waals surface area contributed by atoms with Crippen LogP contribution in [0.15, 0.2) is 48.5 Å². The fourth-order valence-electron chi connectivity index (χ4n) is 4.41. The highest BCUT2D eigenvalue weighted by molar-refractivity contribution is 6.21. The number of nitrogens with zero attached hydrogens (tertiary/aromatic N) is 2. The van der Waals surface area contributed by atoms with Gasteiger partial charge in [0.05, 0.1) is 50.5 Å². The molecular weight excluding hydrogens is 435 g/mol. The minimum atomic E-state index is -4.39. The zero-order valence-electron chi connectivity index (χ0n) is 18.4. The van der Waals surface area contributed by atoms with Crippen LogP contribution in [-0.4, -0.2) is 50.6 Å². The zero-order valence-corrected chi connectivity index (χ0v) is 18.4. The molecule has 2 heterocycles. The summed E-state index contributed by atoms with van der Waals surface area (Å²) in [5.41, 5.74) is 0.371. The predicted molar refractivity (Wildman–Crippen MR) is 117 cm³/mol. The molecule has 2 aromatic carbocycles. The molecular formula is C24H27F3N3O3+. The lowest BCUT2D eigenvalue weighted by Crippen LogP contribution is -3.19. The molecule has 0 aliphatic carbocycles. The highest BCUT2D eigenvalue weighted by Crippen LogP contribution is 2.31. The van der Waals surface area contributed by atoms with Crippen LogP contribution in [0.5, 0.6) is 5.75 Å². The van der Waals surface area contributed by atoms with Crippen molar-refractivity contribution in [3.63, 3.8) is 0 Å². The number of imide groups is 1. The van der Waals surface area contributed by atoms with E-state index in [4.69, 9.17) is 4.74 Å². The van der Waals surface area contributed by atoms with Gasteiger partial charge in [0.1, 0.15) is 5.75 Å². The van der Waals surface area contributed by atoms with Crippen molar-refractivity contribution in [3.05, 3.63) is 54.1 Å². The molecule has 1 atom stereocenters. The molecule has 2 aliphatic rings. The Balaban J connectivity index is 1.39. The van der Waals surface area contributed by atoms with Gasteiger partial charge in [-0.1, -0.05) is 13.0 Å². The van der Waals surface area contributed by atoms with Gasteiger partial charge in [-0.05, 0) is 48.9 Å². The van der Waals surface area contributed by atoms with Gasteiger partial charge < -0.3 is 14.5 Å². The van der Waals surface area contributed by atoms with Crippen LogP contribution >= 0.6 is 0 Å². The maximum atomic E-state index is 13.1. The first-order valence-corrected chi connectivity index (χ1v) is 11.1. The van der Waals surface area contributed by atoms with E-state index in [0.29, 0.717) is 49.9 Å². The lowest BCUT2D eigenvalue weighted by Gasteiger charge is -2.35. The number of piperazine rings is 1. The van der Waals surface area contributed by atoms with Crippen molar-refractivity contribution >= 4 is 23.2 Å². The molecule has 0 unspecified atom stereocenters. The van der Waals surface area contributed by atoms with E-state index in [1.807, 2.05) is 11.8 Å². The van der Waals surface area contributed by atoms with Crippen LogP contribution < -0.4 is 19.4 Å². The van der Waals surface area contributed by atoms with Gasteiger partial charge in [0, 0.05) is 5.69 Å². The summed E-state index contributed by atoms with van der Waals surface area (Å²) in [6, 6.07) is 11.7. The van der Waals surface area contributed by atoms with Gasteiger partial charge in [-0.25, -0.2) is 4.90 Å². The molecule has 6 nitrogen and oxygen atoms in total. The summed E-state index contributed by atoms with van der Waals surface area (Å²) in [5.74, 6) is 0.220. The number of amides is 2. The van der Waals surface area contributed by atoms with E-state index in [1.54, 1.807) is 30.3 Å². The Labute approximate surface area is 190 Å². The highest BCUT2D eigenvalue weighted by Gasteiger charge is 2.46. The second kappa shape index (κ2) is 9.43. The average Bonchev–Trinajstić information content (AvgIpc) is 3.11.